The molecule has 0 aromatic carbocycles. The number of morpholine rings is 1. The number of nitrogens with one attached hydrogen (secondary N) is 1. The average Bonchev–Trinajstić information content (AvgIpc) is 3.48. The average molecular weight is 401 g/mol. The van der Waals surface area contributed by atoms with Gasteiger partial charge in [-0.3, -0.25) is 14.6 Å². The number of aromatic nitrogens is 3. The van der Waals surface area contributed by atoms with Gasteiger partial charge >= 0.3 is 0 Å². The summed E-state index contributed by atoms with van der Waals surface area (Å²) in [6.45, 7) is 0.461. The quantitative estimate of drug-likeness (QED) is 0.675. The summed E-state index contributed by atoms with van der Waals surface area (Å²) < 4.78 is 15.8. The molecule has 2 aromatic heterocycles. The van der Waals surface area contributed by atoms with Gasteiger partial charge in [-0.1, -0.05) is 11.2 Å². The molecule has 2 aromatic rings. The van der Waals surface area contributed by atoms with E-state index < -0.39 is 12.1 Å². The summed E-state index contributed by atoms with van der Waals surface area (Å²) in [6, 6.07) is 3.28. The van der Waals surface area contributed by atoms with E-state index in [0.717, 1.165) is 18.4 Å². The van der Waals surface area contributed by atoms with Gasteiger partial charge in [0.05, 0.1) is 25.6 Å². The minimum Gasteiger partial charge on any atom is -0.384 e. The van der Waals surface area contributed by atoms with Gasteiger partial charge in [-0.15, -0.1) is 0 Å². The molecule has 4 rings (SSSR count). The van der Waals surface area contributed by atoms with Gasteiger partial charge in [0, 0.05) is 25.5 Å². The predicted octanol–water partition coefficient (Wildman–Crippen LogP) is 0.401. The third-order valence-corrected chi connectivity index (χ3v) is 4.94. The van der Waals surface area contributed by atoms with Crippen LogP contribution in [0.25, 0.3) is 0 Å². The number of hydrogen-bond acceptors (Lipinski definition) is 8. The predicted molar refractivity (Wildman–Crippen MR) is 98.3 cm³/mol. The first-order chi connectivity index (χ1) is 14.2. The topological polar surface area (TPSA) is 120 Å². The zero-order valence-corrected chi connectivity index (χ0v) is 16.1. The van der Waals surface area contributed by atoms with E-state index in [0.29, 0.717) is 24.7 Å². The van der Waals surface area contributed by atoms with E-state index in [4.69, 9.17) is 14.0 Å². The summed E-state index contributed by atoms with van der Waals surface area (Å²) in [5.74, 6) is 0.378. The van der Waals surface area contributed by atoms with E-state index >= 15 is 0 Å². The van der Waals surface area contributed by atoms with Crippen LogP contribution in [0.5, 0.6) is 0 Å². The van der Waals surface area contributed by atoms with Crippen molar-refractivity contribution in [2.45, 2.75) is 44.0 Å². The van der Waals surface area contributed by atoms with Crippen LogP contribution in [-0.2, 0) is 32.0 Å². The molecule has 1 N–H and O–H groups in total. The zero-order chi connectivity index (χ0) is 20.2. The lowest BCUT2D eigenvalue weighted by Crippen LogP contribution is -2.55. The van der Waals surface area contributed by atoms with Gasteiger partial charge < -0.3 is 24.2 Å². The minimum absolute atomic E-state index is 0.103. The number of amides is 2. The normalized spacial score (nSPS) is 22.0. The molecule has 2 fully saturated rings. The molecule has 0 bridgehead atoms. The van der Waals surface area contributed by atoms with Gasteiger partial charge in [0.15, 0.2) is 11.9 Å². The van der Waals surface area contributed by atoms with E-state index in [2.05, 4.69) is 20.4 Å². The standard InChI is InChI=1S/C19H23N5O5/c1-27-8-6-15-22-14(23-29-15)10-21-19(26)18-17(12-3-2-7-20-9-12)24(13-4-5-13)16(25)11-28-18/h2-3,7,9,13,17-18H,4-6,8,10-11H2,1H3,(H,21,26)/t17-,18+/m1/s1. The Morgan fingerprint density at radius 1 is 1.41 bits per heavy atom. The van der Waals surface area contributed by atoms with Crippen LogP contribution in [0.1, 0.15) is 36.2 Å². The first-order valence-corrected chi connectivity index (χ1v) is 9.58. The van der Waals surface area contributed by atoms with Gasteiger partial charge in [-0.2, -0.15) is 4.98 Å². The summed E-state index contributed by atoms with van der Waals surface area (Å²) in [5, 5.41) is 6.65. The van der Waals surface area contributed by atoms with E-state index in [-0.39, 0.29) is 31.0 Å². The minimum atomic E-state index is -0.836. The lowest BCUT2D eigenvalue weighted by atomic mass is 9.98. The summed E-state index contributed by atoms with van der Waals surface area (Å²) in [7, 11) is 1.59. The maximum atomic E-state index is 12.9. The molecule has 0 radical (unpaired) electrons. The van der Waals surface area contributed by atoms with Crippen molar-refractivity contribution in [3.05, 3.63) is 41.8 Å². The van der Waals surface area contributed by atoms with Crippen molar-refractivity contribution in [3.63, 3.8) is 0 Å². The van der Waals surface area contributed by atoms with E-state index in [1.165, 1.54) is 0 Å². The summed E-state index contributed by atoms with van der Waals surface area (Å²) in [4.78, 5) is 35.6. The maximum Gasteiger partial charge on any atom is 0.252 e. The molecule has 1 aliphatic carbocycles. The second kappa shape index (κ2) is 8.66. The van der Waals surface area contributed by atoms with Crippen LogP contribution in [0.3, 0.4) is 0 Å². The summed E-state index contributed by atoms with van der Waals surface area (Å²) in [5.41, 5.74) is 0.772. The van der Waals surface area contributed by atoms with Crippen LogP contribution in [0, 0.1) is 0 Å². The van der Waals surface area contributed by atoms with Crippen molar-refractivity contribution in [2.75, 3.05) is 20.3 Å². The second-order valence-electron chi connectivity index (χ2n) is 7.06. The number of methoxy groups -OCH3 is 1. The van der Waals surface area contributed by atoms with E-state index in [1.54, 1.807) is 30.5 Å². The Morgan fingerprint density at radius 2 is 2.28 bits per heavy atom. The van der Waals surface area contributed by atoms with Crippen LogP contribution < -0.4 is 5.32 Å². The molecule has 2 atom stereocenters. The van der Waals surface area contributed by atoms with Crippen LogP contribution in [0.4, 0.5) is 0 Å². The van der Waals surface area contributed by atoms with E-state index in [9.17, 15) is 9.59 Å². The first-order valence-electron chi connectivity index (χ1n) is 9.58. The van der Waals surface area contributed by atoms with Gasteiger partial charge in [0.1, 0.15) is 6.61 Å². The van der Waals surface area contributed by atoms with Crippen molar-refractivity contribution in [1.29, 1.82) is 0 Å². The molecule has 1 aliphatic heterocycles. The van der Waals surface area contributed by atoms with Gasteiger partial charge in [-0.05, 0) is 24.5 Å². The molecule has 2 aliphatic rings. The zero-order valence-electron chi connectivity index (χ0n) is 16.1. The number of ether oxygens (including phenoxy) is 2. The van der Waals surface area contributed by atoms with Gasteiger partial charge in [-0.25, -0.2) is 0 Å². The Bertz CT molecular complexity index is 854. The molecule has 1 saturated carbocycles. The Labute approximate surface area is 167 Å². The molecular formula is C19H23N5O5. The van der Waals surface area contributed by atoms with Gasteiger partial charge in [0.25, 0.3) is 5.91 Å². The fourth-order valence-electron chi connectivity index (χ4n) is 3.44. The first kappa shape index (κ1) is 19.5. The fourth-order valence-corrected chi connectivity index (χ4v) is 3.44. The largest absolute Gasteiger partial charge is 0.384 e. The Balaban J connectivity index is 1.47. The number of carbonyl (C=O) groups excluding carboxylic acids is 2. The molecule has 0 spiro atoms. The van der Waals surface area contributed by atoms with Crippen LogP contribution in [-0.4, -0.2) is 64.3 Å². The lowest BCUT2D eigenvalue weighted by molar-refractivity contribution is -0.165. The Kier molecular flexibility index (Phi) is 5.81. The number of hydrogen-bond donors (Lipinski definition) is 1. The monoisotopic (exact) mass is 401 g/mol. The number of rotatable bonds is 8. The highest BCUT2D eigenvalue weighted by Crippen LogP contribution is 2.39. The lowest BCUT2D eigenvalue weighted by Gasteiger charge is -2.40. The van der Waals surface area contributed by atoms with Crippen molar-refractivity contribution < 1.29 is 23.6 Å². The van der Waals surface area contributed by atoms with Crippen LogP contribution in [0.15, 0.2) is 29.0 Å². The molecule has 0 unspecified atom stereocenters. The fraction of sp³-hybridized carbons (Fsp3) is 0.526. The third kappa shape index (κ3) is 4.43. The smallest absolute Gasteiger partial charge is 0.252 e. The van der Waals surface area contributed by atoms with Gasteiger partial charge in [0.2, 0.25) is 11.8 Å². The van der Waals surface area contributed by atoms with Crippen molar-refractivity contribution in [1.82, 2.24) is 25.3 Å². The Morgan fingerprint density at radius 3 is 3.00 bits per heavy atom. The number of pyridine rings is 1. The molecule has 29 heavy (non-hydrogen) atoms. The second-order valence-corrected chi connectivity index (χ2v) is 7.06. The highest BCUT2D eigenvalue weighted by molar-refractivity contribution is 5.86. The summed E-state index contributed by atoms with van der Waals surface area (Å²) in [6.07, 6.45) is 4.86. The van der Waals surface area contributed by atoms with E-state index in [1.807, 2.05) is 6.07 Å². The number of nitrogens with zero attached hydrogens (tertiary/aromatic N) is 4. The summed E-state index contributed by atoms with van der Waals surface area (Å²) >= 11 is 0. The molecule has 154 valence electrons. The molecule has 10 nitrogen and oxygen atoms in total. The highest BCUT2D eigenvalue weighted by Gasteiger charge is 2.47. The van der Waals surface area contributed by atoms with Crippen LogP contribution in [0.2, 0.25) is 0 Å². The molecule has 1 saturated heterocycles. The van der Waals surface area contributed by atoms with Crippen molar-refractivity contribution >= 4 is 11.8 Å². The molecular weight excluding hydrogens is 378 g/mol. The van der Waals surface area contributed by atoms with Crippen LogP contribution >= 0.6 is 0 Å². The molecule has 10 heteroatoms. The maximum absolute atomic E-state index is 12.9. The highest BCUT2D eigenvalue weighted by atomic mass is 16.5. The SMILES string of the molecule is COCCc1nc(CNC(=O)[C@H]2OCC(=O)N(C3CC3)[C@@H]2c2cccnc2)no1. The molecule has 3 heterocycles. The van der Waals surface area contributed by atoms with Crippen molar-refractivity contribution in [3.8, 4) is 0 Å². The molecule has 2 amide bonds. The van der Waals surface area contributed by atoms with Crippen molar-refractivity contribution in [2.24, 2.45) is 0 Å². The third-order valence-electron chi connectivity index (χ3n) is 4.94. The Hall–Kier alpha value is -2.85. The number of carbonyl (C=O) groups is 2.